The van der Waals surface area contributed by atoms with E-state index in [0.717, 1.165) is 11.8 Å². The molecule has 3 nitrogen and oxygen atoms in total. The topological polar surface area (TPSA) is 46.5 Å². The highest BCUT2D eigenvalue weighted by Crippen LogP contribution is 2.18. The normalized spacial score (nSPS) is 11.6. The number of benzene rings is 1. The van der Waals surface area contributed by atoms with Gasteiger partial charge < -0.3 is 9.84 Å². The maximum atomic E-state index is 10.4. The van der Waals surface area contributed by atoms with Gasteiger partial charge in [0, 0.05) is 6.08 Å². The van der Waals surface area contributed by atoms with Gasteiger partial charge in [-0.15, -0.1) is 0 Å². The summed E-state index contributed by atoms with van der Waals surface area (Å²) in [5.41, 5.74) is 1.94. The summed E-state index contributed by atoms with van der Waals surface area (Å²) in [5.74, 6) is 0.312. The molecular formula is C14H18O3. The molecule has 3 heteroatoms. The first-order valence-electron chi connectivity index (χ1n) is 5.62. The number of hydrogen-bond acceptors (Lipinski definition) is 2. The van der Waals surface area contributed by atoms with Gasteiger partial charge in [-0.3, -0.25) is 0 Å². The van der Waals surface area contributed by atoms with E-state index in [2.05, 4.69) is 13.8 Å². The van der Waals surface area contributed by atoms with Crippen molar-refractivity contribution >= 4 is 5.97 Å². The molecule has 0 radical (unpaired) electrons. The second-order valence-corrected chi connectivity index (χ2v) is 4.34. The lowest BCUT2D eigenvalue weighted by atomic mass is 10.0. The largest absolute Gasteiger partial charge is 0.489 e. The summed E-state index contributed by atoms with van der Waals surface area (Å²) < 4.78 is 5.47. The highest BCUT2D eigenvalue weighted by Gasteiger charge is 2.00. The van der Waals surface area contributed by atoms with Crippen LogP contribution in [0.25, 0.3) is 0 Å². The lowest BCUT2D eigenvalue weighted by Gasteiger charge is -2.08. The summed E-state index contributed by atoms with van der Waals surface area (Å²) in [6.45, 7) is 6.30. The number of carboxylic acid groups (broad SMARTS) is 1. The highest BCUT2D eigenvalue weighted by atomic mass is 16.5. The second kappa shape index (κ2) is 6.09. The molecule has 0 atom stereocenters. The van der Waals surface area contributed by atoms with E-state index in [-0.39, 0.29) is 0 Å². The predicted molar refractivity (Wildman–Crippen MR) is 67.4 cm³/mol. The van der Waals surface area contributed by atoms with Crippen LogP contribution in [0.3, 0.4) is 0 Å². The average Bonchev–Trinajstić information content (AvgIpc) is 2.26. The quantitative estimate of drug-likeness (QED) is 0.796. The van der Waals surface area contributed by atoms with Crippen LogP contribution in [0.2, 0.25) is 0 Å². The number of carboxylic acids is 1. The van der Waals surface area contributed by atoms with Crippen molar-refractivity contribution in [1.29, 1.82) is 0 Å². The molecule has 0 aliphatic carbocycles. The van der Waals surface area contributed by atoms with E-state index in [9.17, 15) is 4.79 Å². The van der Waals surface area contributed by atoms with Crippen LogP contribution in [-0.4, -0.2) is 17.7 Å². The van der Waals surface area contributed by atoms with Crippen molar-refractivity contribution in [1.82, 2.24) is 0 Å². The Morgan fingerprint density at radius 3 is 2.41 bits per heavy atom. The van der Waals surface area contributed by atoms with E-state index >= 15 is 0 Å². The molecule has 92 valence electrons. The standard InChI is InChI=1S/C14H18O3/c1-10(2)12-4-6-13(7-5-12)17-9-11(3)8-14(15)16/h4-8,10H,9H2,1-3H3,(H,15,16)/b11-8+. The van der Waals surface area contributed by atoms with Crippen molar-refractivity contribution in [2.24, 2.45) is 0 Å². The molecule has 0 aliphatic rings. The molecule has 0 heterocycles. The SMILES string of the molecule is C/C(=C\C(=O)O)COc1ccc(C(C)C)cc1. The zero-order valence-corrected chi connectivity index (χ0v) is 10.4. The molecule has 1 aromatic carbocycles. The van der Waals surface area contributed by atoms with Crippen molar-refractivity contribution in [2.75, 3.05) is 6.61 Å². The smallest absolute Gasteiger partial charge is 0.328 e. The molecule has 0 saturated carbocycles. The molecule has 0 spiro atoms. The van der Waals surface area contributed by atoms with Crippen molar-refractivity contribution in [3.05, 3.63) is 41.5 Å². The lowest BCUT2D eigenvalue weighted by Crippen LogP contribution is -2.01. The van der Waals surface area contributed by atoms with Crippen LogP contribution in [0.4, 0.5) is 0 Å². The summed E-state index contributed by atoms with van der Waals surface area (Å²) in [5, 5.41) is 8.55. The highest BCUT2D eigenvalue weighted by molar-refractivity contribution is 5.80. The Labute approximate surface area is 102 Å². The number of aliphatic carboxylic acids is 1. The van der Waals surface area contributed by atoms with Crippen molar-refractivity contribution in [2.45, 2.75) is 26.7 Å². The number of ether oxygens (including phenoxy) is 1. The molecule has 0 amide bonds. The average molecular weight is 234 g/mol. The Morgan fingerprint density at radius 1 is 1.35 bits per heavy atom. The van der Waals surface area contributed by atoms with E-state index in [1.54, 1.807) is 6.92 Å². The summed E-state index contributed by atoms with van der Waals surface area (Å²) >= 11 is 0. The number of hydrogen-bond donors (Lipinski definition) is 1. The van der Waals surface area contributed by atoms with Gasteiger partial charge >= 0.3 is 5.97 Å². The Bertz CT molecular complexity index is 402. The van der Waals surface area contributed by atoms with Crippen LogP contribution in [0.1, 0.15) is 32.3 Å². The minimum atomic E-state index is -0.943. The van der Waals surface area contributed by atoms with Gasteiger partial charge in [-0.05, 0) is 36.1 Å². The number of rotatable bonds is 5. The summed E-state index contributed by atoms with van der Waals surface area (Å²) in [6, 6.07) is 7.86. The van der Waals surface area contributed by atoms with Crippen LogP contribution < -0.4 is 4.74 Å². The molecule has 1 rings (SSSR count). The maximum absolute atomic E-state index is 10.4. The van der Waals surface area contributed by atoms with Gasteiger partial charge in [0.15, 0.2) is 0 Å². The van der Waals surface area contributed by atoms with Crippen molar-refractivity contribution in [3.63, 3.8) is 0 Å². The third-order valence-corrected chi connectivity index (χ3v) is 2.38. The zero-order valence-electron chi connectivity index (χ0n) is 10.4. The minimum Gasteiger partial charge on any atom is -0.489 e. The molecule has 17 heavy (non-hydrogen) atoms. The maximum Gasteiger partial charge on any atom is 0.328 e. The summed E-state index contributed by atoms with van der Waals surface area (Å²) in [6.07, 6.45) is 1.16. The molecule has 0 bridgehead atoms. The van der Waals surface area contributed by atoms with Crippen LogP contribution >= 0.6 is 0 Å². The van der Waals surface area contributed by atoms with E-state index < -0.39 is 5.97 Å². The van der Waals surface area contributed by atoms with Crippen LogP contribution in [0.5, 0.6) is 5.75 Å². The predicted octanol–water partition coefficient (Wildman–Crippen LogP) is 3.22. The Kier molecular flexibility index (Phi) is 4.76. The molecule has 0 saturated heterocycles. The van der Waals surface area contributed by atoms with Gasteiger partial charge in [0.2, 0.25) is 0 Å². The Hall–Kier alpha value is -1.77. The van der Waals surface area contributed by atoms with E-state index in [0.29, 0.717) is 18.1 Å². The number of carbonyl (C=O) groups is 1. The fourth-order valence-corrected chi connectivity index (χ4v) is 1.40. The molecule has 0 unspecified atom stereocenters. The molecule has 1 N–H and O–H groups in total. The molecule has 1 aromatic rings. The van der Waals surface area contributed by atoms with Crippen molar-refractivity contribution < 1.29 is 14.6 Å². The van der Waals surface area contributed by atoms with Gasteiger partial charge in [-0.25, -0.2) is 4.79 Å². The fourth-order valence-electron chi connectivity index (χ4n) is 1.40. The molecule has 0 aromatic heterocycles. The zero-order chi connectivity index (χ0) is 12.8. The molecule has 0 aliphatic heterocycles. The minimum absolute atomic E-state index is 0.299. The third-order valence-electron chi connectivity index (χ3n) is 2.38. The first-order chi connectivity index (χ1) is 7.99. The van der Waals surface area contributed by atoms with E-state index in [1.807, 2.05) is 24.3 Å². The van der Waals surface area contributed by atoms with Gasteiger partial charge in [0.05, 0.1) is 0 Å². The summed E-state index contributed by atoms with van der Waals surface area (Å²) in [4.78, 5) is 10.4. The van der Waals surface area contributed by atoms with Crippen LogP contribution in [0.15, 0.2) is 35.9 Å². The Balaban J connectivity index is 2.56. The van der Waals surface area contributed by atoms with Crippen molar-refractivity contribution in [3.8, 4) is 5.75 Å². The van der Waals surface area contributed by atoms with Gasteiger partial charge in [-0.1, -0.05) is 26.0 Å². The van der Waals surface area contributed by atoms with Crippen LogP contribution in [-0.2, 0) is 4.79 Å². The van der Waals surface area contributed by atoms with Crippen LogP contribution in [0, 0.1) is 0 Å². The molecule has 0 fully saturated rings. The molecular weight excluding hydrogens is 216 g/mol. The first kappa shape index (κ1) is 13.3. The third kappa shape index (κ3) is 4.72. The second-order valence-electron chi connectivity index (χ2n) is 4.34. The first-order valence-corrected chi connectivity index (χ1v) is 5.62. The lowest BCUT2D eigenvalue weighted by molar-refractivity contribution is -0.131. The van der Waals surface area contributed by atoms with E-state index in [1.165, 1.54) is 5.56 Å². The summed E-state index contributed by atoms with van der Waals surface area (Å²) in [7, 11) is 0. The van der Waals surface area contributed by atoms with E-state index in [4.69, 9.17) is 9.84 Å². The van der Waals surface area contributed by atoms with Gasteiger partial charge in [0.25, 0.3) is 0 Å². The monoisotopic (exact) mass is 234 g/mol. The van der Waals surface area contributed by atoms with Gasteiger partial charge in [0.1, 0.15) is 12.4 Å². The van der Waals surface area contributed by atoms with Gasteiger partial charge in [-0.2, -0.15) is 0 Å². The Morgan fingerprint density at radius 2 is 1.94 bits per heavy atom. The fraction of sp³-hybridized carbons (Fsp3) is 0.357.